The lowest BCUT2D eigenvalue weighted by Gasteiger charge is -2.29. The van der Waals surface area contributed by atoms with E-state index in [2.05, 4.69) is 27.1 Å². The highest BCUT2D eigenvalue weighted by atomic mass is 16.5. The first-order chi connectivity index (χ1) is 19.5. The second-order valence-corrected chi connectivity index (χ2v) is 10.7. The van der Waals surface area contributed by atoms with Gasteiger partial charge in [-0.2, -0.15) is 0 Å². The predicted octanol–water partition coefficient (Wildman–Crippen LogP) is 4.53. The lowest BCUT2D eigenvalue weighted by atomic mass is 9.98. The van der Waals surface area contributed by atoms with Crippen LogP contribution in [0.15, 0.2) is 67.3 Å². The number of nitrogens with one attached hydrogen (secondary N) is 1. The average molecular weight is 539 g/mol. The van der Waals surface area contributed by atoms with Crippen LogP contribution in [-0.4, -0.2) is 81.8 Å². The van der Waals surface area contributed by atoms with E-state index in [0.29, 0.717) is 44.2 Å². The minimum absolute atomic E-state index is 0.0377. The van der Waals surface area contributed by atoms with Crippen LogP contribution < -0.4 is 5.32 Å². The number of hydrogen-bond acceptors (Lipinski definition) is 7. The number of hydrogen-bond donors (Lipinski definition) is 1. The molecule has 1 N–H and O–H groups in total. The number of benzene rings is 1. The van der Waals surface area contributed by atoms with E-state index in [1.807, 2.05) is 47.1 Å². The van der Waals surface area contributed by atoms with Gasteiger partial charge in [-0.05, 0) is 61.7 Å². The van der Waals surface area contributed by atoms with Crippen LogP contribution in [0.2, 0.25) is 0 Å². The fourth-order valence-electron chi connectivity index (χ4n) is 5.35. The number of nitrogens with zero attached hydrogens (tertiary/aromatic N) is 5. The van der Waals surface area contributed by atoms with Gasteiger partial charge < -0.3 is 19.4 Å². The monoisotopic (exact) mass is 538 g/mol. The van der Waals surface area contributed by atoms with E-state index in [1.165, 1.54) is 0 Å². The number of Topliss-reactive ketones (excluding diaryl/α,β-unsaturated/α-hetero) is 1. The molecular formula is C31H34N6O3. The maximum atomic E-state index is 13.1. The number of morpholine rings is 1. The summed E-state index contributed by atoms with van der Waals surface area (Å²) in [4.78, 5) is 39.0. The Balaban J connectivity index is 1.21. The van der Waals surface area contributed by atoms with Crippen molar-refractivity contribution >= 4 is 28.8 Å². The molecule has 0 spiro atoms. The Morgan fingerprint density at radius 1 is 0.975 bits per heavy atom. The van der Waals surface area contributed by atoms with E-state index in [9.17, 15) is 9.59 Å². The second kappa shape index (κ2) is 11.6. The number of imidazole rings is 1. The molecule has 1 amide bonds. The molecule has 9 nitrogen and oxygen atoms in total. The van der Waals surface area contributed by atoms with Gasteiger partial charge in [-0.3, -0.25) is 14.5 Å². The lowest BCUT2D eigenvalue weighted by molar-refractivity contribution is 0.0302. The third kappa shape index (κ3) is 5.76. The van der Waals surface area contributed by atoms with Crippen LogP contribution in [0.1, 0.15) is 40.5 Å². The first-order valence-electron chi connectivity index (χ1n) is 14.0. The van der Waals surface area contributed by atoms with Crippen LogP contribution in [0.3, 0.4) is 0 Å². The molecule has 4 aromatic rings. The molecule has 0 saturated carbocycles. The fraction of sp³-hybridized carbons (Fsp3) is 0.355. The number of ketones is 1. The fourth-order valence-corrected chi connectivity index (χ4v) is 5.35. The molecule has 2 aliphatic heterocycles. The summed E-state index contributed by atoms with van der Waals surface area (Å²) in [5.41, 5.74) is 4.71. The first-order valence-corrected chi connectivity index (χ1v) is 14.0. The number of rotatable bonds is 7. The van der Waals surface area contributed by atoms with Crippen LogP contribution in [0.5, 0.6) is 0 Å². The number of likely N-dealkylation sites (tertiary alicyclic amines) is 1. The van der Waals surface area contributed by atoms with Gasteiger partial charge in [0.2, 0.25) is 0 Å². The Kier molecular flexibility index (Phi) is 7.57. The van der Waals surface area contributed by atoms with Gasteiger partial charge in [0.25, 0.3) is 5.91 Å². The van der Waals surface area contributed by atoms with Gasteiger partial charge in [-0.25, -0.2) is 9.97 Å². The summed E-state index contributed by atoms with van der Waals surface area (Å²) in [6.45, 7) is 7.00. The SMILES string of the molecule is CC1CCN(CC(=O)c2cccc(-c3cc(Nc4ccc(C(=O)N5CCOCC5)cn4)c4nccn4c3)c2)CC1. The first kappa shape index (κ1) is 26.2. The van der Waals surface area contributed by atoms with Gasteiger partial charge in [0.05, 0.1) is 31.0 Å². The minimum Gasteiger partial charge on any atom is -0.378 e. The molecule has 2 fully saturated rings. The molecule has 9 heteroatoms. The summed E-state index contributed by atoms with van der Waals surface area (Å²) in [5, 5.41) is 3.37. The van der Waals surface area contributed by atoms with Gasteiger partial charge in [0.15, 0.2) is 11.4 Å². The second-order valence-electron chi connectivity index (χ2n) is 10.7. The Bertz CT molecular complexity index is 1500. The molecule has 3 aromatic heterocycles. The molecule has 40 heavy (non-hydrogen) atoms. The molecule has 1 aromatic carbocycles. The normalized spacial score (nSPS) is 16.8. The molecule has 5 heterocycles. The van der Waals surface area contributed by atoms with E-state index >= 15 is 0 Å². The van der Waals surface area contributed by atoms with Crippen LogP contribution in [-0.2, 0) is 4.74 Å². The zero-order valence-corrected chi connectivity index (χ0v) is 22.8. The van der Waals surface area contributed by atoms with Crippen LogP contribution in [0.4, 0.5) is 11.5 Å². The van der Waals surface area contributed by atoms with E-state index in [-0.39, 0.29) is 11.7 Å². The van der Waals surface area contributed by atoms with Crippen molar-refractivity contribution in [1.29, 1.82) is 0 Å². The average Bonchev–Trinajstić information content (AvgIpc) is 3.48. The maximum absolute atomic E-state index is 13.1. The zero-order valence-electron chi connectivity index (χ0n) is 22.8. The van der Waals surface area contributed by atoms with Gasteiger partial charge in [-0.15, -0.1) is 0 Å². The van der Waals surface area contributed by atoms with Crippen molar-refractivity contribution in [1.82, 2.24) is 24.2 Å². The van der Waals surface area contributed by atoms with Crippen molar-refractivity contribution in [3.05, 3.63) is 78.4 Å². The van der Waals surface area contributed by atoms with E-state index in [4.69, 9.17) is 4.74 Å². The third-order valence-electron chi connectivity index (χ3n) is 7.82. The Morgan fingerprint density at radius 3 is 2.58 bits per heavy atom. The van der Waals surface area contributed by atoms with Crippen molar-refractivity contribution in [2.45, 2.75) is 19.8 Å². The summed E-state index contributed by atoms with van der Waals surface area (Å²) in [5.74, 6) is 1.46. The summed E-state index contributed by atoms with van der Waals surface area (Å²) < 4.78 is 7.30. The smallest absolute Gasteiger partial charge is 0.255 e. The Morgan fingerprint density at radius 2 is 1.80 bits per heavy atom. The Hall–Kier alpha value is -4.08. The van der Waals surface area contributed by atoms with Gasteiger partial charge in [0.1, 0.15) is 5.82 Å². The lowest BCUT2D eigenvalue weighted by Crippen LogP contribution is -2.40. The number of amides is 1. The number of carbonyl (C=O) groups excluding carboxylic acids is 2. The van der Waals surface area contributed by atoms with Crippen molar-refractivity contribution in [2.24, 2.45) is 5.92 Å². The largest absolute Gasteiger partial charge is 0.378 e. The van der Waals surface area contributed by atoms with Crippen molar-refractivity contribution in [3.63, 3.8) is 0 Å². The number of ether oxygens (including phenoxy) is 1. The van der Waals surface area contributed by atoms with Crippen molar-refractivity contribution in [2.75, 3.05) is 51.3 Å². The van der Waals surface area contributed by atoms with E-state index in [1.54, 1.807) is 29.4 Å². The number of carbonyl (C=O) groups is 2. The summed E-state index contributed by atoms with van der Waals surface area (Å²) >= 11 is 0. The van der Waals surface area contributed by atoms with Crippen molar-refractivity contribution in [3.8, 4) is 11.1 Å². The number of anilines is 2. The van der Waals surface area contributed by atoms with Crippen LogP contribution in [0, 0.1) is 5.92 Å². The van der Waals surface area contributed by atoms with Crippen LogP contribution >= 0.6 is 0 Å². The number of pyridine rings is 2. The summed E-state index contributed by atoms with van der Waals surface area (Å²) in [6, 6.07) is 13.5. The standard InChI is InChI=1S/C31H34N6O3/c1-22-7-10-35(11-8-22)21-28(38)24-4-2-3-23(17-24)26-18-27(30-32-9-12-37(30)20-26)34-29-6-5-25(19-33-29)31(39)36-13-15-40-16-14-36/h2-6,9,12,17-20,22H,7-8,10-11,13-16,21H2,1H3,(H,33,34). The molecule has 0 radical (unpaired) electrons. The highest BCUT2D eigenvalue weighted by molar-refractivity contribution is 5.99. The molecule has 0 aliphatic carbocycles. The van der Waals surface area contributed by atoms with E-state index in [0.717, 1.165) is 59.9 Å². The molecule has 0 unspecified atom stereocenters. The number of aromatic nitrogens is 3. The number of piperidine rings is 1. The maximum Gasteiger partial charge on any atom is 0.255 e. The van der Waals surface area contributed by atoms with Crippen molar-refractivity contribution < 1.29 is 14.3 Å². The zero-order chi connectivity index (χ0) is 27.5. The molecular weight excluding hydrogens is 504 g/mol. The molecule has 2 saturated heterocycles. The highest BCUT2D eigenvalue weighted by Crippen LogP contribution is 2.29. The molecule has 0 atom stereocenters. The minimum atomic E-state index is -0.0377. The van der Waals surface area contributed by atoms with Crippen LogP contribution in [0.25, 0.3) is 16.8 Å². The van der Waals surface area contributed by atoms with Gasteiger partial charge in [0, 0.05) is 49.0 Å². The third-order valence-corrected chi connectivity index (χ3v) is 7.82. The van der Waals surface area contributed by atoms with E-state index < -0.39 is 0 Å². The summed E-state index contributed by atoms with van der Waals surface area (Å²) in [7, 11) is 0. The quantitative estimate of drug-likeness (QED) is 0.346. The molecule has 6 rings (SSSR count). The Labute approximate surface area is 233 Å². The number of fused-ring (bicyclic) bond motifs is 1. The molecule has 0 bridgehead atoms. The molecule has 206 valence electrons. The molecule has 2 aliphatic rings. The van der Waals surface area contributed by atoms with Gasteiger partial charge in [-0.1, -0.05) is 25.1 Å². The predicted molar refractivity (Wildman–Crippen MR) is 154 cm³/mol. The summed E-state index contributed by atoms with van der Waals surface area (Å²) in [6.07, 6.45) is 9.56. The topological polar surface area (TPSA) is 92.1 Å². The van der Waals surface area contributed by atoms with Gasteiger partial charge >= 0.3 is 0 Å². The highest BCUT2D eigenvalue weighted by Gasteiger charge is 2.20.